The van der Waals surface area contributed by atoms with Gasteiger partial charge in [0.05, 0.1) is 53.7 Å². The van der Waals surface area contributed by atoms with Crippen LogP contribution in [0.25, 0.3) is 0 Å². The van der Waals surface area contributed by atoms with Crippen molar-refractivity contribution in [1.82, 2.24) is 10.7 Å². The average molecular weight is 712 g/mol. The number of hydrazone groups is 1. The third-order valence-electron chi connectivity index (χ3n) is 10.2. The number of ketones is 2. The van der Waals surface area contributed by atoms with E-state index in [2.05, 4.69) is 15.8 Å². The molecule has 10 atom stereocenters. The predicted molar refractivity (Wildman–Crippen MR) is 187 cm³/mol. The van der Waals surface area contributed by atoms with Gasteiger partial charge in [0, 0.05) is 67.0 Å². The van der Waals surface area contributed by atoms with E-state index in [0.29, 0.717) is 0 Å². The number of hydrogen-bond acceptors (Lipinski definition) is 13. The lowest BCUT2D eigenvalue weighted by atomic mass is 9.78. The van der Waals surface area contributed by atoms with Gasteiger partial charge in [-0.1, -0.05) is 45.9 Å². The molecule has 0 aromatic heterocycles. The molecule has 7 N–H and O–H groups in total. The highest BCUT2D eigenvalue weighted by Gasteiger charge is 2.52. The second kappa shape index (κ2) is 15.5. The van der Waals surface area contributed by atoms with Gasteiger partial charge in [0.2, 0.25) is 5.78 Å². The van der Waals surface area contributed by atoms with Crippen molar-refractivity contribution in [3.63, 3.8) is 0 Å². The molecule has 0 radical (unpaired) electrons. The first-order valence-electron chi connectivity index (χ1n) is 16.8. The first kappa shape index (κ1) is 39.4. The van der Waals surface area contributed by atoms with Crippen LogP contribution in [0.1, 0.15) is 79.5 Å². The topological polar surface area (TPSA) is 216 Å². The summed E-state index contributed by atoms with van der Waals surface area (Å²) >= 11 is 0. The molecule has 1 amide bonds. The van der Waals surface area contributed by atoms with Crippen molar-refractivity contribution in [1.29, 1.82) is 0 Å². The molecule has 0 saturated carbocycles. The lowest BCUT2D eigenvalue weighted by Crippen LogP contribution is -2.45. The van der Waals surface area contributed by atoms with Gasteiger partial charge in [0.1, 0.15) is 17.6 Å². The number of hydrogen-bond donors (Lipinski definition) is 7. The van der Waals surface area contributed by atoms with Crippen molar-refractivity contribution in [2.75, 3.05) is 14.2 Å². The van der Waals surface area contributed by atoms with Crippen LogP contribution >= 0.6 is 0 Å². The molecule has 0 fully saturated rings. The predicted octanol–water partition coefficient (Wildman–Crippen LogP) is 2.49. The minimum Gasteiger partial charge on any atom is -0.507 e. The Morgan fingerprint density at radius 2 is 1.59 bits per heavy atom. The molecule has 4 aliphatic rings. The Bertz CT molecular complexity index is 1710. The summed E-state index contributed by atoms with van der Waals surface area (Å²) in [7, 11) is 2.91. The zero-order valence-electron chi connectivity index (χ0n) is 30.3. The number of rotatable bonds is 3. The zero-order valence-corrected chi connectivity index (χ0v) is 30.3. The number of methoxy groups -OCH3 is 1. The number of phenolic OH excluding ortho intramolecular Hbond substituents is 1. The second-order valence-electron chi connectivity index (χ2n) is 13.6. The van der Waals surface area contributed by atoms with Crippen LogP contribution in [0.3, 0.4) is 0 Å². The first-order valence-corrected chi connectivity index (χ1v) is 16.8. The Labute approximate surface area is 297 Å². The molecular weight excluding hydrogens is 662 g/mol. The molecule has 14 nitrogen and oxygen atoms in total. The molecule has 3 aliphatic heterocycles. The molecule has 1 aliphatic carbocycles. The fraction of sp³-hybridized carbons (Fsp3) is 0.514. The average Bonchev–Trinajstić information content (AvgIpc) is 3.37. The lowest BCUT2D eigenvalue weighted by Gasteiger charge is -2.36. The second-order valence-corrected chi connectivity index (χ2v) is 13.6. The quantitative estimate of drug-likeness (QED) is 0.178. The molecule has 14 heteroatoms. The Morgan fingerprint density at radius 3 is 2.22 bits per heavy atom. The summed E-state index contributed by atoms with van der Waals surface area (Å²) in [6.07, 6.45) is 2.76. The number of benzene rings is 1. The van der Waals surface area contributed by atoms with Gasteiger partial charge in [0.15, 0.2) is 0 Å². The van der Waals surface area contributed by atoms with Gasteiger partial charge in [-0.05, 0) is 19.9 Å². The maximum absolute atomic E-state index is 14.1. The summed E-state index contributed by atoms with van der Waals surface area (Å²) in [5.41, 5.74) is 1.38. The van der Waals surface area contributed by atoms with Crippen molar-refractivity contribution < 1.29 is 54.1 Å². The number of allylic oxidation sites excluding steroid dienone is 3. The molecule has 51 heavy (non-hydrogen) atoms. The van der Waals surface area contributed by atoms with Gasteiger partial charge < -0.3 is 50.5 Å². The lowest BCUT2D eigenvalue weighted by molar-refractivity contribution is -0.116. The number of aliphatic hydroxyl groups is 4. The molecule has 5 rings (SSSR count). The van der Waals surface area contributed by atoms with Crippen molar-refractivity contribution in [2.45, 2.75) is 84.8 Å². The van der Waals surface area contributed by atoms with Crippen LogP contribution in [0.15, 0.2) is 52.5 Å². The Hall–Kier alpha value is -4.34. The summed E-state index contributed by atoms with van der Waals surface area (Å²) in [6, 6.07) is 0. The van der Waals surface area contributed by atoms with Gasteiger partial charge in [-0.3, -0.25) is 14.4 Å². The molecule has 1 aromatic rings. The molecule has 0 spiro atoms. The van der Waals surface area contributed by atoms with E-state index in [9.17, 15) is 39.9 Å². The SMILES string of the molecule is CN/N=C/C1=C2NC(=O)/C(C)=C\C=C\[C@@H](C)[C@@H](O)[C@@H](C)[C@H](O)[C@@H](C)[C@H](O)[C@H](C)[C@@H](OC)/C=C/O[C@@]3(C)Oc4c(C)c(O)c(c(c4C3=O)C1O)C2=O. The third-order valence-corrected chi connectivity index (χ3v) is 10.2. The Morgan fingerprint density at radius 1 is 0.961 bits per heavy atom. The Balaban J connectivity index is 1.89. The highest BCUT2D eigenvalue weighted by molar-refractivity contribution is 6.21. The van der Waals surface area contributed by atoms with E-state index >= 15 is 0 Å². The summed E-state index contributed by atoms with van der Waals surface area (Å²) in [4.78, 5) is 41.6. The molecule has 1 aromatic carbocycles. The van der Waals surface area contributed by atoms with Crippen molar-refractivity contribution in [3.05, 3.63) is 69.7 Å². The minimum atomic E-state index is -2.01. The van der Waals surface area contributed by atoms with E-state index in [1.54, 1.807) is 39.8 Å². The smallest absolute Gasteiger partial charge is 0.312 e. The van der Waals surface area contributed by atoms with Gasteiger partial charge in [-0.2, -0.15) is 5.10 Å². The van der Waals surface area contributed by atoms with Crippen LogP contribution in [-0.2, 0) is 14.3 Å². The van der Waals surface area contributed by atoms with E-state index < -0.39 is 83.2 Å². The molecule has 0 saturated heterocycles. The Kier molecular flexibility index (Phi) is 12.0. The van der Waals surface area contributed by atoms with Crippen molar-refractivity contribution in [2.24, 2.45) is 28.8 Å². The minimum absolute atomic E-state index is 0.0308. The van der Waals surface area contributed by atoms with Crippen molar-refractivity contribution >= 4 is 23.7 Å². The summed E-state index contributed by atoms with van der Waals surface area (Å²) in [6.45, 7) is 11.1. The first-order chi connectivity index (χ1) is 23.9. The number of amides is 1. The van der Waals surface area contributed by atoms with Crippen molar-refractivity contribution in [3.8, 4) is 11.5 Å². The molecular formula is C37H49N3O11. The maximum Gasteiger partial charge on any atom is 0.312 e. The molecule has 5 bridgehead atoms. The number of nitrogens with zero attached hydrogens (tertiary/aromatic N) is 1. The van der Waals surface area contributed by atoms with Crippen LogP contribution < -0.4 is 15.5 Å². The number of nitrogens with one attached hydrogen (secondary N) is 2. The highest BCUT2D eigenvalue weighted by Crippen LogP contribution is 2.51. The van der Waals surface area contributed by atoms with Crippen LogP contribution in [0.5, 0.6) is 11.5 Å². The number of fused-ring (bicyclic) bond motifs is 14. The molecule has 3 heterocycles. The van der Waals surface area contributed by atoms with E-state index in [4.69, 9.17) is 14.2 Å². The molecule has 1 unspecified atom stereocenters. The highest BCUT2D eigenvalue weighted by atomic mass is 16.7. The number of aromatic hydroxyl groups is 1. The number of carbonyl (C=O) groups is 3. The monoisotopic (exact) mass is 711 g/mol. The number of Topliss-reactive ketones (excluding diaryl/α,β-unsaturated/α-hetero) is 2. The number of aliphatic hydroxyl groups excluding tert-OH is 4. The van der Waals surface area contributed by atoms with Crippen LogP contribution in [0.4, 0.5) is 0 Å². The van der Waals surface area contributed by atoms with E-state index in [-0.39, 0.29) is 44.8 Å². The van der Waals surface area contributed by atoms with E-state index in [1.165, 1.54) is 53.3 Å². The summed E-state index contributed by atoms with van der Waals surface area (Å²) < 4.78 is 17.4. The van der Waals surface area contributed by atoms with Gasteiger partial charge in [-0.15, -0.1) is 0 Å². The fourth-order valence-electron chi connectivity index (χ4n) is 6.73. The normalized spacial score (nSPS) is 35.9. The standard InChI is InChI=1S/C37H49N3O11/c1-16-11-10-12-17(2)36(48)40-27-22(15-39-38-8)32(45)24-25(33(27)46)31(44)21(6)34-26(24)35(47)37(7,51-34)50-14-13-23(49-9)18(3)29(42)20(5)30(43)19(4)28(16)41/h10-16,18-20,23,28-30,32,38,41-45H,1-9H3,(H,40,48)/b11-10+,14-13+,17-12-,39-15+/t16-,18-,19-,20+,23+,28-,29-,30+,32?,37+/m1/s1. The zero-order chi connectivity index (χ0) is 38.1. The largest absolute Gasteiger partial charge is 0.507 e. The van der Waals surface area contributed by atoms with Crippen LogP contribution in [0.2, 0.25) is 0 Å². The number of ether oxygens (including phenoxy) is 3. The number of phenols is 1. The third kappa shape index (κ3) is 7.24. The van der Waals surface area contributed by atoms with E-state index in [0.717, 1.165) is 6.21 Å². The maximum atomic E-state index is 14.1. The summed E-state index contributed by atoms with van der Waals surface area (Å²) in [5, 5.41) is 63.1. The van der Waals surface area contributed by atoms with Gasteiger partial charge in [0.25, 0.3) is 11.7 Å². The van der Waals surface area contributed by atoms with Gasteiger partial charge in [-0.25, -0.2) is 0 Å². The van der Waals surface area contributed by atoms with E-state index in [1.807, 2.05) is 0 Å². The van der Waals surface area contributed by atoms with Crippen LogP contribution in [-0.4, -0.2) is 93.6 Å². The molecule has 278 valence electrons. The number of carbonyl (C=O) groups excluding carboxylic acids is 3. The van der Waals surface area contributed by atoms with Crippen LogP contribution in [0, 0.1) is 30.6 Å². The van der Waals surface area contributed by atoms with Gasteiger partial charge >= 0.3 is 5.79 Å². The fourth-order valence-corrected chi connectivity index (χ4v) is 6.73. The summed E-state index contributed by atoms with van der Waals surface area (Å²) in [5.74, 6) is -7.44.